The maximum Gasteiger partial charge on any atom is 0.219 e. The molecule has 0 saturated heterocycles. The lowest BCUT2D eigenvalue weighted by Gasteiger charge is -2.21. The zero-order valence-corrected chi connectivity index (χ0v) is 10.2. The smallest absolute Gasteiger partial charge is 0.219 e. The predicted octanol–water partition coefficient (Wildman–Crippen LogP) is 2.24. The van der Waals surface area contributed by atoms with E-state index in [1.54, 1.807) is 0 Å². The van der Waals surface area contributed by atoms with Gasteiger partial charge in [0.15, 0.2) is 0 Å². The fraction of sp³-hybridized carbons (Fsp3) is 0.923. The second-order valence-electron chi connectivity index (χ2n) is 4.82. The van der Waals surface area contributed by atoms with E-state index in [9.17, 15) is 4.79 Å². The van der Waals surface area contributed by atoms with Crippen molar-refractivity contribution in [3.63, 3.8) is 0 Å². The maximum atomic E-state index is 11.4. The van der Waals surface area contributed by atoms with Gasteiger partial charge in [-0.15, -0.1) is 0 Å². The molecule has 0 aromatic carbocycles. The Morgan fingerprint density at radius 2 is 1.94 bits per heavy atom. The predicted molar refractivity (Wildman–Crippen MR) is 65.1 cm³/mol. The van der Waals surface area contributed by atoms with Crippen molar-refractivity contribution in [2.24, 2.45) is 5.92 Å². The molecule has 0 aromatic heterocycles. The minimum absolute atomic E-state index is 0.143. The fourth-order valence-electron chi connectivity index (χ4n) is 2.38. The summed E-state index contributed by atoms with van der Waals surface area (Å²) in [5.74, 6) is 0.982. The Kier molecular flexibility index (Phi) is 7.23. The van der Waals surface area contributed by atoms with Gasteiger partial charge in [-0.2, -0.15) is 0 Å². The second kappa shape index (κ2) is 8.57. The van der Waals surface area contributed by atoms with Gasteiger partial charge in [-0.3, -0.25) is 4.79 Å². The summed E-state index contributed by atoms with van der Waals surface area (Å²) >= 11 is 0. The highest BCUT2D eigenvalue weighted by atomic mass is 16.2. The Labute approximate surface area is 98.6 Å². The van der Waals surface area contributed by atoms with Crippen molar-refractivity contribution in [2.75, 3.05) is 13.2 Å². The number of amides is 1. The molecule has 3 nitrogen and oxygen atoms in total. The van der Waals surface area contributed by atoms with E-state index >= 15 is 0 Å². The Balaban J connectivity index is 1.94. The highest BCUT2D eigenvalue weighted by Gasteiger charge is 2.12. The molecule has 0 aliphatic heterocycles. The van der Waals surface area contributed by atoms with Gasteiger partial charge in [0, 0.05) is 19.6 Å². The van der Waals surface area contributed by atoms with Crippen molar-refractivity contribution in [1.82, 2.24) is 5.32 Å². The summed E-state index contributed by atoms with van der Waals surface area (Å²) in [5, 5.41) is 11.6. The van der Waals surface area contributed by atoms with Crippen LogP contribution < -0.4 is 5.32 Å². The molecule has 0 unspecified atom stereocenters. The molecular weight excluding hydrogens is 202 g/mol. The standard InChI is InChI=1S/C13H25NO2/c15-11-5-4-8-13(16)14-10-9-12-6-2-1-3-7-12/h12,15H,1-11H2,(H,14,16). The molecule has 94 valence electrons. The van der Waals surface area contributed by atoms with Gasteiger partial charge < -0.3 is 10.4 Å². The van der Waals surface area contributed by atoms with Gasteiger partial charge in [0.25, 0.3) is 0 Å². The number of unbranched alkanes of at least 4 members (excludes halogenated alkanes) is 1. The number of aliphatic hydroxyl groups is 1. The highest BCUT2D eigenvalue weighted by Crippen LogP contribution is 2.25. The van der Waals surface area contributed by atoms with Crippen LogP contribution in [0.2, 0.25) is 0 Å². The Morgan fingerprint density at radius 1 is 1.19 bits per heavy atom. The molecule has 1 amide bonds. The molecule has 0 radical (unpaired) electrons. The van der Waals surface area contributed by atoms with Crippen molar-refractivity contribution in [2.45, 2.75) is 57.8 Å². The van der Waals surface area contributed by atoms with E-state index in [0.29, 0.717) is 6.42 Å². The number of hydrogen-bond acceptors (Lipinski definition) is 2. The highest BCUT2D eigenvalue weighted by molar-refractivity contribution is 5.75. The Morgan fingerprint density at radius 3 is 2.62 bits per heavy atom. The van der Waals surface area contributed by atoms with E-state index in [-0.39, 0.29) is 12.5 Å². The number of nitrogens with one attached hydrogen (secondary N) is 1. The van der Waals surface area contributed by atoms with Crippen molar-refractivity contribution < 1.29 is 9.90 Å². The number of aliphatic hydroxyl groups excluding tert-OH is 1. The van der Waals surface area contributed by atoms with Crippen LogP contribution in [-0.2, 0) is 4.79 Å². The summed E-state index contributed by atoms with van der Waals surface area (Å²) in [6, 6.07) is 0. The van der Waals surface area contributed by atoms with Gasteiger partial charge in [-0.25, -0.2) is 0 Å². The van der Waals surface area contributed by atoms with Crippen molar-refractivity contribution in [3.05, 3.63) is 0 Å². The van der Waals surface area contributed by atoms with Gasteiger partial charge in [0.2, 0.25) is 5.91 Å². The van der Waals surface area contributed by atoms with Gasteiger partial charge in [0.05, 0.1) is 0 Å². The van der Waals surface area contributed by atoms with Crippen LogP contribution in [0.15, 0.2) is 0 Å². The molecule has 1 aliphatic carbocycles. The molecule has 0 atom stereocenters. The third kappa shape index (κ3) is 6.11. The fourth-order valence-corrected chi connectivity index (χ4v) is 2.38. The quantitative estimate of drug-likeness (QED) is 0.655. The summed E-state index contributed by atoms with van der Waals surface area (Å²) in [6.45, 7) is 1.03. The molecule has 0 spiro atoms. The zero-order chi connectivity index (χ0) is 11.6. The van der Waals surface area contributed by atoms with Crippen molar-refractivity contribution in [3.8, 4) is 0 Å². The van der Waals surface area contributed by atoms with Crippen LogP contribution in [0.3, 0.4) is 0 Å². The molecule has 0 bridgehead atoms. The maximum absolute atomic E-state index is 11.4. The van der Waals surface area contributed by atoms with Crippen molar-refractivity contribution >= 4 is 5.91 Å². The van der Waals surface area contributed by atoms with E-state index in [1.165, 1.54) is 32.1 Å². The number of rotatable bonds is 7. The first-order valence-electron chi connectivity index (χ1n) is 6.70. The van der Waals surface area contributed by atoms with E-state index in [4.69, 9.17) is 5.11 Å². The summed E-state index contributed by atoms with van der Waals surface area (Å²) in [6.07, 6.45) is 10.1. The molecule has 1 rings (SSSR count). The number of hydrogen-bond donors (Lipinski definition) is 2. The number of carbonyl (C=O) groups excluding carboxylic acids is 1. The van der Waals surface area contributed by atoms with Crippen LogP contribution in [0.25, 0.3) is 0 Å². The summed E-state index contributed by atoms with van der Waals surface area (Å²) in [7, 11) is 0. The van der Waals surface area contributed by atoms with E-state index in [2.05, 4.69) is 5.32 Å². The van der Waals surface area contributed by atoms with E-state index < -0.39 is 0 Å². The van der Waals surface area contributed by atoms with Gasteiger partial charge in [-0.05, 0) is 25.2 Å². The topological polar surface area (TPSA) is 49.3 Å². The van der Waals surface area contributed by atoms with Gasteiger partial charge in [0.1, 0.15) is 0 Å². The van der Waals surface area contributed by atoms with Crippen LogP contribution in [0.1, 0.15) is 57.8 Å². The molecule has 16 heavy (non-hydrogen) atoms. The van der Waals surface area contributed by atoms with Crippen LogP contribution >= 0.6 is 0 Å². The summed E-state index contributed by atoms with van der Waals surface area (Å²) < 4.78 is 0. The minimum atomic E-state index is 0.143. The monoisotopic (exact) mass is 227 g/mol. The molecule has 3 heteroatoms. The van der Waals surface area contributed by atoms with Gasteiger partial charge >= 0.3 is 0 Å². The Hall–Kier alpha value is -0.570. The molecule has 0 heterocycles. The third-order valence-electron chi connectivity index (χ3n) is 3.41. The number of carbonyl (C=O) groups is 1. The minimum Gasteiger partial charge on any atom is -0.396 e. The largest absolute Gasteiger partial charge is 0.396 e. The molecular formula is C13H25NO2. The first kappa shape index (κ1) is 13.5. The summed E-state index contributed by atoms with van der Waals surface area (Å²) in [5.41, 5.74) is 0. The van der Waals surface area contributed by atoms with Crippen LogP contribution in [-0.4, -0.2) is 24.2 Å². The normalized spacial score (nSPS) is 17.3. The van der Waals surface area contributed by atoms with Crippen molar-refractivity contribution in [1.29, 1.82) is 0 Å². The second-order valence-corrected chi connectivity index (χ2v) is 4.82. The van der Waals surface area contributed by atoms with Crippen LogP contribution in [0.4, 0.5) is 0 Å². The third-order valence-corrected chi connectivity index (χ3v) is 3.41. The first-order valence-corrected chi connectivity index (χ1v) is 6.70. The SMILES string of the molecule is O=C(CCCCO)NCCC1CCCCC1. The zero-order valence-electron chi connectivity index (χ0n) is 10.2. The van der Waals surface area contributed by atoms with E-state index in [1.807, 2.05) is 0 Å². The van der Waals surface area contributed by atoms with Gasteiger partial charge in [-0.1, -0.05) is 32.1 Å². The van der Waals surface area contributed by atoms with Crippen LogP contribution in [0, 0.1) is 5.92 Å². The lowest BCUT2D eigenvalue weighted by atomic mass is 9.87. The lowest BCUT2D eigenvalue weighted by molar-refractivity contribution is -0.121. The molecule has 0 aromatic rings. The molecule has 1 saturated carbocycles. The molecule has 2 N–H and O–H groups in total. The molecule has 1 fully saturated rings. The molecule has 1 aliphatic rings. The van der Waals surface area contributed by atoms with Crippen LogP contribution in [0.5, 0.6) is 0 Å². The summed E-state index contributed by atoms with van der Waals surface area (Å²) in [4.78, 5) is 11.4. The Bertz CT molecular complexity index is 188. The average Bonchev–Trinajstić information content (AvgIpc) is 2.31. The average molecular weight is 227 g/mol. The van der Waals surface area contributed by atoms with E-state index in [0.717, 1.165) is 31.7 Å². The lowest BCUT2D eigenvalue weighted by Crippen LogP contribution is -2.26. The first-order chi connectivity index (χ1) is 7.83.